The molecule has 5 nitrogen and oxygen atoms in total. The van der Waals surface area contributed by atoms with E-state index >= 15 is 0 Å². The van der Waals surface area contributed by atoms with E-state index in [0.29, 0.717) is 0 Å². The van der Waals surface area contributed by atoms with Crippen LogP contribution in [0.15, 0.2) is 18.2 Å². The SMILES string of the molecule is O=C(O)c1ccc(C(F)(F)F)cc1OS(=O)(=O)C(F)(F)F. The normalized spacial score (nSPS) is 13.0. The smallest absolute Gasteiger partial charge is 0.478 e. The van der Waals surface area contributed by atoms with Crippen LogP contribution in [0.25, 0.3) is 0 Å². The van der Waals surface area contributed by atoms with Crippen molar-refractivity contribution in [1.82, 2.24) is 0 Å². The molecule has 12 heteroatoms. The highest BCUT2D eigenvalue weighted by Crippen LogP contribution is 2.35. The van der Waals surface area contributed by atoms with Crippen LogP contribution in [0.3, 0.4) is 0 Å². The molecular formula is C9H4F6O5S. The Morgan fingerprint density at radius 3 is 2.00 bits per heavy atom. The first kappa shape index (κ1) is 17.1. The fourth-order valence-corrected chi connectivity index (χ4v) is 1.58. The van der Waals surface area contributed by atoms with Gasteiger partial charge in [-0.1, -0.05) is 0 Å². The van der Waals surface area contributed by atoms with Crippen LogP contribution in [0.5, 0.6) is 5.75 Å². The summed E-state index contributed by atoms with van der Waals surface area (Å²) in [4.78, 5) is 10.7. The summed E-state index contributed by atoms with van der Waals surface area (Å²) in [6.07, 6.45) is -5.03. The van der Waals surface area contributed by atoms with Crippen LogP contribution in [0.2, 0.25) is 0 Å². The van der Waals surface area contributed by atoms with Gasteiger partial charge in [0.25, 0.3) is 0 Å². The second-order valence-electron chi connectivity index (χ2n) is 3.50. The van der Waals surface area contributed by atoms with E-state index in [1.165, 1.54) is 0 Å². The molecule has 0 aliphatic heterocycles. The molecule has 0 radical (unpaired) electrons. The highest BCUT2D eigenvalue weighted by atomic mass is 32.2. The number of carbonyl (C=O) groups is 1. The van der Waals surface area contributed by atoms with E-state index in [9.17, 15) is 39.6 Å². The molecule has 0 aliphatic carbocycles. The maximum absolute atomic E-state index is 12.4. The molecule has 1 aromatic carbocycles. The third kappa shape index (κ3) is 3.77. The number of alkyl halides is 6. The Hall–Kier alpha value is -1.98. The summed E-state index contributed by atoms with van der Waals surface area (Å²) < 4.78 is 98.4. The van der Waals surface area contributed by atoms with Gasteiger partial charge in [0.1, 0.15) is 5.56 Å². The molecule has 0 saturated heterocycles. The van der Waals surface area contributed by atoms with E-state index in [1.807, 2.05) is 0 Å². The minimum atomic E-state index is -6.30. The van der Waals surface area contributed by atoms with Crippen molar-refractivity contribution in [3.05, 3.63) is 29.3 Å². The van der Waals surface area contributed by atoms with E-state index in [0.717, 1.165) is 0 Å². The molecule has 0 heterocycles. The number of carboxylic acids is 1. The van der Waals surface area contributed by atoms with Crippen molar-refractivity contribution in [3.63, 3.8) is 0 Å². The number of carboxylic acid groups (broad SMARTS) is 1. The molecule has 1 rings (SSSR count). The average Bonchev–Trinajstić information content (AvgIpc) is 2.25. The first-order valence-corrected chi connectivity index (χ1v) is 6.12. The molecule has 0 aromatic heterocycles. The van der Waals surface area contributed by atoms with Gasteiger partial charge in [-0.15, -0.1) is 0 Å². The van der Waals surface area contributed by atoms with Gasteiger partial charge in [0, 0.05) is 0 Å². The maximum Gasteiger partial charge on any atom is 0.534 e. The monoisotopic (exact) mass is 338 g/mol. The number of hydrogen-bond donors (Lipinski definition) is 1. The number of aromatic carboxylic acids is 1. The molecule has 0 saturated carbocycles. The summed E-state index contributed by atoms with van der Waals surface area (Å²) in [5, 5.41) is 8.62. The molecule has 0 spiro atoms. The highest BCUT2D eigenvalue weighted by Gasteiger charge is 2.49. The van der Waals surface area contributed by atoms with Gasteiger partial charge in [0.2, 0.25) is 0 Å². The van der Waals surface area contributed by atoms with Gasteiger partial charge in [0.05, 0.1) is 5.56 Å². The second-order valence-corrected chi connectivity index (χ2v) is 5.03. The Kier molecular flexibility index (Phi) is 4.14. The second kappa shape index (κ2) is 5.09. The van der Waals surface area contributed by atoms with Gasteiger partial charge in [-0.3, -0.25) is 0 Å². The summed E-state index contributed by atoms with van der Waals surface area (Å²) in [5.41, 5.74) is -8.66. The average molecular weight is 338 g/mol. The van der Waals surface area contributed by atoms with Gasteiger partial charge in [0.15, 0.2) is 5.75 Å². The Morgan fingerprint density at radius 2 is 1.62 bits per heavy atom. The van der Waals surface area contributed by atoms with Crippen molar-refractivity contribution < 1.29 is 48.8 Å². The zero-order valence-corrected chi connectivity index (χ0v) is 10.3. The third-order valence-corrected chi connectivity index (χ3v) is 2.99. The molecule has 0 amide bonds. The fourth-order valence-electron chi connectivity index (χ4n) is 1.11. The Bertz CT molecular complexity index is 660. The van der Waals surface area contributed by atoms with Crippen molar-refractivity contribution in [3.8, 4) is 5.75 Å². The number of hydrogen-bond acceptors (Lipinski definition) is 4. The van der Waals surface area contributed by atoms with Crippen molar-refractivity contribution >= 4 is 16.1 Å². The van der Waals surface area contributed by atoms with Gasteiger partial charge in [-0.25, -0.2) is 4.79 Å². The summed E-state index contributed by atoms with van der Waals surface area (Å²) in [6.45, 7) is 0. The summed E-state index contributed by atoms with van der Waals surface area (Å²) >= 11 is 0. The van der Waals surface area contributed by atoms with E-state index in [4.69, 9.17) is 5.11 Å². The molecule has 118 valence electrons. The molecule has 0 unspecified atom stereocenters. The van der Waals surface area contributed by atoms with Crippen molar-refractivity contribution in [2.75, 3.05) is 0 Å². The van der Waals surface area contributed by atoms with Crippen molar-refractivity contribution in [1.29, 1.82) is 0 Å². The maximum atomic E-state index is 12.4. The van der Waals surface area contributed by atoms with E-state index in [-0.39, 0.29) is 18.2 Å². The lowest BCUT2D eigenvalue weighted by Crippen LogP contribution is -2.28. The summed E-state index contributed by atoms with van der Waals surface area (Å²) in [7, 11) is -6.30. The quantitative estimate of drug-likeness (QED) is 0.521. The molecular weight excluding hydrogens is 334 g/mol. The van der Waals surface area contributed by atoms with Gasteiger partial charge in [-0.2, -0.15) is 34.8 Å². The zero-order chi connectivity index (χ0) is 16.6. The lowest BCUT2D eigenvalue weighted by Gasteiger charge is -2.13. The van der Waals surface area contributed by atoms with Crippen LogP contribution >= 0.6 is 0 Å². The molecule has 0 bridgehead atoms. The largest absolute Gasteiger partial charge is 0.534 e. The molecule has 0 atom stereocenters. The van der Waals surface area contributed by atoms with Crippen LogP contribution in [-0.2, 0) is 16.3 Å². The standard InChI is InChI=1S/C9H4F6O5S/c10-8(11,12)4-1-2-5(7(16)17)6(3-4)20-21(18,19)9(13,14)15/h1-3H,(H,16,17). The summed E-state index contributed by atoms with van der Waals surface area (Å²) in [5.74, 6) is -3.55. The molecule has 0 aliphatic rings. The van der Waals surface area contributed by atoms with Gasteiger partial charge < -0.3 is 9.29 Å². The Balaban J connectivity index is 3.42. The van der Waals surface area contributed by atoms with Gasteiger partial charge in [-0.05, 0) is 18.2 Å². The van der Waals surface area contributed by atoms with Crippen molar-refractivity contribution in [2.45, 2.75) is 11.7 Å². The molecule has 21 heavy (non-hydrogen) atoms. The van der Waals surface area contributed by atoms with Crippen LogP contribution in [0.1, 0.15) is 15.9 Å². The zero-order valence-electron chi connectivity index (χ0n) is 9.49. The van der Waals surface area contributed by atoms with Crippen molar-refractivity contribution in [2.24, 2.45) is 0 Å². The Morgan fingerprint density at radius 1 is 1.10 bits per heavy atom. The molecule has 1 aromatic rings. The number of rotatable bonds is 3. The van der Waals surface area contributed by atoms with Crippen LogP contribution < -0.4 is 4.18 Å². The van der Waals surface area contributed by atoms with E-state index in [1.54, 1.807) is 0 Å². The topological polar surface area (TPSA) is 80.7 Å². The summed E-state index contributed by atoms with van der Waals surface area (Å²) in [6, 6.07) is 0.398. The fraction of sp³-hybridized carbons (Fsp3) is 0.222. The van der Waals surface area contributed by atoms with Crippen LogP contribution in [-0.4, -0.2) is 25.0 Å². The first-order valence-electron chi connectivity index (χ1n) is 4.71. The predicted molar refractivity (Wildman–Crippen MR) is 54.0 cm³/mol. The van der Waals surface area contributed by atoms with E-state index < -0.39 is 44.6 Å². The first-order chi connectivity index (χ1) is 9.25. The minimum Gasteiger partial charge on any atom is -0.478 e. The minimum absolute atomic E-state index is 0.146. The lowest BCUT2D eigenvalue weighted by molar-refractivity contribution is -0.137. The lowest BCUT2D eigenvalue weighted by atomic mass is 10.1. The Labute approximate surface area is 112 Å². The number of halogens is 6. The van der Waals surface area contributed by atoms with Gasteiger partial charge >= 0.3 is 27.8 Å². The molecule has 1 N–H and O–H groups in total. The molecule has 0 fully saturated rings. The van der Waals surface area contributed by atoms with Crippen LogP contribution in [0.4, 0.5) is 26.3 Å². The van der Waals surface area contributed by atoms with E-state index in [2.05, 4.69) is 4.18 Å². The predicted octanol–water partition coefficient (Wildman–Crippen LogP) is 2.63. The third-order valence-electron chi connectivity index (χ3n) is 2.02. The highest BCUT2D eigenvalue weighted by molar-refractivity contribution is 7.88. The number of benzene rings is 1. The van der Waals surface area contributed by atoms with Crippen LogP contribution in [0, 0.1) is 0 Å².